The average molecular weight is 419 g/mol. The number of nitrogens with one attached hydrogen (secondary N) is 2. The van der Waals surface area contributed by atoms with E-state index in [4.69, 9.17) is 9.47 Å². The lowest BCUT2D eigenvalue weighted by molar-refractivity contribution is -0.113. The van der Waals surface area contributed by atoms with Crippen LogP contribution in [0.3, 0.4) is 0 Å². The number of carbonyl (C=O) groups is 1. The fourth-order valence-corrected chi connectivity index (χ4v) is 3.60. The first kappa shape index (κ1) is 20.5. The monoisotopic (exact) mass is 419 g/mol. The number of fused-ring (bicyclic) bond motifs is 1. The Balaban J connectivity index is 1.70. The number of para-hydroxylation sites is 2. The smallest absolute Gasteiger partial charge is 0.255 e. The summed E-state index contributed by atoms with van der Waals surface area (Å²) in [7, 11) is 1.57. The van der Waals surface area contributed by atoms with Crippen molar-refractivity contribution in [3.63, 3.8) is 0 Å². The van der Waals surface area contributed by atoms with E-state index in [1.54, 1.807) is 23.9 Å². The highest BCUT2D eigenvalue weighted by Gasteiger charge is 2.33. The molecule has 1 aliphatic heterocycles. The van der Waals surface area contributed by atoms with Gasteiger partial charge in [0.05, 0.1) is 25.0 Å². The van der Waals surface area contributed by atoms with E-state index in [9.17, 15) is 4.79 Å². The van der Waals surface area contributed by atoms with Crippen LogP contribution in [-0.4, -0.2) is 34.4 Å². The highest BCUT2D eigenvalue weighted by atomic mass is 16.5. The number of amides is 1. The highest BCUT2D eigenvalue weighted by molar-refractivity contribution is 6.06. The molecule has 8 heteroatoms. The molecular weight excluding hydrogens is 394 g/mol. The molecule has 1 aromatic heterocycles. The van der Waals surface area contributed by atoms with Gasteiger partial charge in [0, 0.05) is 5.70 Å². The maximum absolute atomic E-state index is 13.4. The molecule has 0 bridgehead atoms. The van der Waals surface area contributed by atoms with Gasteiger partial charge >= 0.3 is 0 Å². The van der Waals surface area contributed by atoms with Crippen LogP contribution < -0.4 is 20.1 Å². The largest absolute Gasteiger partial charge is 0.495 e. The van der Waals surface area contributed by atoms with Crippen molar-refractivity contribution in [1.29, 1.82) is 0 Å². The first-order chi connectivity index (χ1) is 15.1. The van der Waals surface area contributed by atoms with Gasteiger partial charge in [-0.3, -0.25) is 4.79 Å². The maximum Gasteiger partial charge on any atom is 0.255 e. The zero-order valence-corrected chi connectivity index (χ0v) is 17.8. The van der Waals surface area contributed by atoms with Crippen LogP contribution in [0.15, 0.2) is 66.1 Å². The minimum absolute atomic E-state index is 0.244. The van der Waals surface area contributed by atoms with Gasteiger partial charge in [0.1, 0.15) is 23.9 Å². The number of hydrogen-bond acceptors (Lipinski definition) is 6. The molecule has 0 unspecified atom stereocenters. The van der Waals surface area contributed by atoms with Crippen LogP contribution in [0, 0.1) is 0 Å². The molecule has 0 saturated carbocycles. The van der Waals surface area contributed by atoms with Gasteiger partial charge in [-0.2, -0.15) is 10.1 Å². The summed E-state index contributed by atoms with van der Waals surface area (Å²) in [6.07, 6.45) is 2.41. The average Bonchev–Trinajstić information content (AvgIpc) is 3.25. The summed E-state index contributed by atoms with van der Waals surface area (Å²) in [6.45, 7) is 4.59. The molecule has 3 aromatic rings. The van der Waals surface area contributed by atoms with Crippen molar-refractivity contribution < 1.29 is 14.3 Å². The topological polar surface area (TPSA) is 90.3 Å². The number of hydrogen-bond donors (Lipinski definition) is 2. The Morgan fingerprint density at radius 2 is 1.97 bits per heavy atom. The Labute approximate surface area is 180 Å². The second-order valence-electron chi connectivity index (χ2n) is 7.17. The molecule has 1 atom stereocenters. The predicted molar refractivity (Wildman–Crippen MR) is 118 cm³/mol. The maximum atomic E-state index is 13.4. The lowest BCUT2D eigenvalue weighted by Crippen LogP contribution is -2.31. The van der Waals surface area contributed by atoms with Crippen LogP contribution >= 0.6 is 0 Å². The molecule has 0 aliphatic carbocycles. The minimum Gasteiger partial charge on any atom is -0.495 e. The van der Waals surface area contributed by atoms with Crippen molar-refractivity contribution in [3.8, 4) is 11.5 Å². The first-order valence-corrected chi connectivity index (χ1v) is 10.2. The van der Waals surface area contributed by atoms with Crippen molar-refractivity contribution in [3.05, 3.63) is 71.7 Å². The van der Waals surface area contributed by atoms with Gasteiger partial charge in [0.2, 0.25) is 5.95 Å². The molecule has 0 saturated heterocycles. The van der Waals surface area contributed by atoms with Crippen LogP contribution in [0.1, 0.15) is 31.9 Å². The van der Waals surface area contributed by atoms with Crippen molar-refractivity contribution in [1.82, 2.24) is 14.8 Å². The standard InChI is InChI=1S/C23H25N5O3/c1-4-13-31-17-11-9-16(10-12-17)21-20(15(2)26-23-24-14-25-28(21)23)22(29)27-18-7-5-6-8-19(18)30-3/h5-12,14,21H,4,13H2,1-3H3,(H,27,29)(H,24,25,26)/t21-/m0/s1. The van der Waals surface area contributed by atoms with E-state index in [0.717, 1.165) is 17.7 Å². The summed E-state index contributed by atoms with van der Waals surface area (Å²) in [5, 5.41) is 10.5. The van der Waals surface area contributed by atoms with Gasteiger partial charge < -0.3 is 20.1 Å². The van der Waals surface area contributed by atoms with E-state index in [2.05, 4.69) is 27.6 Å². The van der Waals surface area contributed by atoms with Gasteiger partial charge in [-0.05, 0) is 43.2 Å². The molecule has 0 radical (unpaired) electrons. The van der Waals surface area contributed by atoms with Crippen LogP contribution in [0.5, 0.6) is 11.5 Å². The van der Waals surface area contributed by atoms with E-state index < -0.39 is 6.04 Å². The first-order valence-electron chi connectivity index (χ1n) is 10.2. The number of ether oxygens (including phenoxy) is 2. The van der Waals surface area contributed by atoms with Crippen molar-refractivity contribution in [2.45, 2.75) is 26.3 Å². The Bertz CT molecular complexity index is 1100. The molecule has 1 amide bonds. The summed E-state index contributed by atoms with van der Waals surface area (Å²) in [5.41, 5.74) is 2.76. The van der Waals surface area contributed by atoms with E-state index in [1.165, 1.54) is 6.33 Å². The Morgan fingerprint density at radius 1 is 1.19 bits per heavy atom. The molecule has 0 spiro atoms. The molecule has 31 heavy (non-hydrogen) atoms. The van der Waals surface area contributed by atoms with Crippen LogP contribution in [-0.2, 0) is 4.79 Å². The number of rotatable bonds is 7. The molecule has 2 heterocycles. The molecule has 8 nitrogen and oxygen atoms in total. The third kappa shape index (κ3) is 4.09. The number of nitrogens with zero attached hydrogens (tertiary/aromatic N) is 3. The third-order valence-corrected chi connectivity index (χ3v) is 5.06. The lowest BCUT2D eigenvalue weighted by Gasteiger charge is -2.29. The number of allylic oxidation sites excluding steroid dienone is 1. The van der Waals surface area contributed by atoms with E-state index in [-0.39, 0.29) is 5.91 Å². The minimum atomic E-state index is -0.436. The normalized spacial score (nSPS) is 15.1. The van der Waals surface area contributed by atoms with Crippen LogP contribution in [0.25, 0.3) is 0 Å². The van der Waals surface area contributed by atoms with Gasteiger partial charge in [-0.15, -0.1) is 0 Å². The zero-order chi connectivity index (χ0) is 21.8. The molecule has 1 aliphatic rings. The van der Waals surface area contributed by atoms with Crippen LogP contribution in [0.4, 0.5) is 11.6 Å². The zero-order valence-electron chi connectivity index (χ0n) is 17.8. The van der Waals surface area contributed by atoms with Gasteiger partial charge in [-0.25, -0.2) is 4.68 Å². The molecule has 2 N–H and O–H groups in total. The fraction of sp³-hybridized carbons (Fsp3) is 0.261. The predicted octanol–water partition coefficient (Wildman–Crippen LogP) is 4.00. The highest BCUT2D eigenvalue weighted by Crippen LogP contribution is 2.36. The fourth-order valence-electron chi connectivity index (χ4n) is 3.60. The van der Waals surface area contributed by atoms with Gasteiger partial charge in [0.15, 0.2) is 0 Å². The van der Waals surface area contributed by atoms with E-state index in [0.29, 0.717) is 35.3 Å². The van der Waals surface area contributed by atoms with E-state index >= 15 is 0 Å². The van der Waals surface area contributed by atoms with Crippen LogP contribution in [0.2, 0.25) is 0 Å². The number of aromatic nitrogens is 3. The second-order valence-corrected chi connectivity index (χ2v) is 7.17. The van der Waals surface area contributed by atoms with Gasteiger partial charge in [-0.1, -0.05) is 31.2 Å². The molecule has 160 valence electrons. The summed E-state index contributed by atoms with van der Waals surface area (Å²) < 4.78 is 12.8. The quantitative estimate of drug-likeness (QED) is 0.602. The summed E-state index contributed by atoms with van der Waals surface area (Å²) in [4.78, 5) is 17.7. The molecule has 2 aromatic carbocycles. The second kappa shape index (κ2) is 8.91. The summed E-state index contributed by atoms with van der Waals surface area (Å²) >= 11 is 0. The third-order valence-electron chi connectivity index (χ3n) is 5.06. The van der Waals surface area contributed by atoms with E-state index in [1.807, 2.05) is 43.3 Å². The summed E-state index contributed by atoms with van der Waals surface area (Å²) in [5.74, 6) is 1.72. The number of anilines is 2. The molecule has 4 rings (SSSR count). The van der Waals surface area contributed by atoms with Crippen molar-refractivity contribution in [2.24, 2.45) is 0 Å². The van der Waals surface area contributed by atoms with Crippen molar-refractivity contribution >= 4 is 17.5 Å². The Morgan fingerprint density at radius 3 is 2.71 bits per heavy atom. The lowest BCUT2D eigenvalue weighted by atomic mass is 9.95. The summed E-state index contributed by atoms with van der Waals surface area (Å²) in [6, 6.07) is 14.6. The molecule has 0 fully saturated rings. The number of methoxy groups -OCH3 is 1. The Hall–Kier alpha value is -3.81. The number of benzene rings is 2. The van der Waals surface area contributed by atoms with Gasteiger partial charge in [0.25, 0.3) is 5.91 Å². The molecular formula is C23H25N5O3. The van der Waals surface area contributed by atoms with Crippen molar-refractivity contribution in [2.75, 3.05) is 24.4 Å². The Kier molecular flexibility index (Phi) is 5.88. The number of carbonyl (C=O) groups excluding carboxylic acids is 1. The SMILES string of the molecule is CCCOc1ccc([C@H]2C(C(=O)Nc3ccccc3OC)=C(C)Nc3ncnn32)cc1.